The van der Waals surface area contributed by atoms with Gasteiger partial charge in [-0.3, -0.25) is 4.79 Å². The van der Waals surface area contributed by atoms with Crippen LogP contribution < -0.4 is 11.1 Å². The van der Waals surface area contributed by atoms with Crippen LogP contribution in [-0.4, -0.2) is 25.8 Å². The van der Waals surface area contributed by atoms with Gasteiger partial charge in [-0.15, -0.1) is 0 Å². The van der Waals surface area contributed by atoms with Gasteiger partial charge in [-0.05, 0) is 30.5 Å². The van der Waals surface area contributed by atoms with E-state index in [4.69, 9.17) is 5.73 Å². The molecule has 0 bridgehead atoms. The molecule has 0 aromatic heterocycles. The standard InChI is InChI=1S/C12H15FN2O3S/c13-9-1-2-10(14)11(6-9)15-12(16)5-8-3-4-19(17,18)7-8/h1-2,6,8H,3-5,7,14H2,(H,15,16). The molecule has 1 saturated heterocycles. The van der Waals surface area contributed by atoms with Gasteiger partial charge in [0.2, 0.25) is 5.91 Å². The summed E-state index contributed by atoms with van der Waals surface area (Å²) < 4.78 is 35.6. The van der Waals surface area contributed by atoms with Crippen LogP contribution in [-0.2, 0) is 14.6 Å². The van der Waals surface area contributed by atoms with Crippen molar-refractivity contribution in [2.24, 2.45) is 5.92 Å². The predicted octanol–water partition coefficient (Wildman–Crippen LogP) is 1.17. The number of hydrogen-bond donors (Lipinski definition) is 2. The van der Waals surface area contributed by atoms with Crippen LogP contribution in [0.3, 0.4) is 0 Å². The maximum atomic E-state index is 13.0. The van der Waals surface area contributed by atoms with Crippen molar-refractivity contribution in [2.45, 2.75) is 12.8 Å². The van der Waals surface area contributed by atoms with E-state index in [0.29, 0.717) is 6.42 Å². The van der Waals surface area contributed by atoms with Gasteiger partial charge in [0, 0.05) is 6.42 Å². The molecule has 5 nitrogen and oxygen atoms in total. The molecule has 0 aliphatic carbocycles. The largest absolute Gasteiger partial charge is 0.397 e. The molecule has 7 heteroatoms. The number of sulfone groups is 1. The van der Waals surface area contributed by atoms with Crippen LogP contribution in [0.25, 0.3) is 0 Å². The number of rotatable bonds is 3. The number of nitrogens with two attached hydrogens (primary N) is 1. The first-order valence-electron chi connectivity index (χ1n) is 5.91. The molecule has 2 rings (SSSR count). The Bertz CT molecular complexity index is 601. The van der Waals surface area contributed by atoms with Gasteiger partial charge in [-0.25, -0.2) is 12.8 Å². The Balaban J connectivity index is 1.97. The highest BCUT2D eigenvalue weighted by molar-refractivity contribution is 7.91. The smallest absolute Gasteiger partial charge is 0.224 e. The van der Waals surface area contributed by atoms with Crippen molar-refractivity contribution in [1.29, 1.82) is 0 Å². The number of hydrogen-bond acceptors (Lipinski definition) is 4. The number of benzene rings is 1. The number of amides is 1. The van der Waals surface area contributed by atoms with Gasteiger partial charge in [0.15, 0.2) is 9.84 Å². The molecule has 1 unspecified atom stereocenters. The van der Waals surface area contributed by atoms with Crippen LogP contribution in [0.1, 0.15) is 12.8 Å². The summed E-state index contributed by atoms with van der Waals surface area (Å²) in [7, 11) is -2.99. The number of nitrogen functional groups attached to an aromatic ring is 1. The minimum atomic E-state index is -2.99. The van der Waals surface area contributed by atoms with E-state index >= 15 is 0 Å². The molecule has 0 spiro atoms. The van der Waals surface area contributed by atoms with Gasteiger partial charge in [0.25, 0.3) is 0 Å². The summed E-state index contributed by atoms with van der Waals surface area (Å²) >= 11 is 0. The van der Waals surface area contributed by atoms with Crippen molar-refractivity contribution in [3.8, 4) is 0 Å². The Kier molecular flexibility index (Phi) is 3.75. The van der Waals surface area contributed by atoms with E-state index < -0.39 is 15.7 Å². The van der Waals surface area contributed by atoms with Crippen molar-refractivity contribution in [1.82, 2.24) is 0 Å². The third-order valence-electron chi connectivity index (χ3n) is 3.09. The first-order chi connectivity index (χ1) is 8.85. The van der Waals surface area contributed by atoms with Crippen LogP contribution in [0.2, 0.25) is 0 Å². The minimum Gasteiger partial charge on any atom is -0.397 e. The van der Waals surface area contributed by atoms with E-state index in [1.807, 2.05) is 0 Å². The third kappa shape index (κ3) is 3.66. The molecule has 104 valence electrons. The van der Waals surface area contributed by atoms with E-state index in [2.05, 4.69) is 5.32 Å². The fourth-order valence-corrected chi connectivity index (χ4v) is 4.00. The Morgan fingerprint density at radius 3 is 2.84 bits per heavy atom. The summed E-state index contributed by atoms with van der Waals surface area (Å²) in [6.07, 6.45) is 0.601. The summed E-state index contributed by atoms with van der Waals surface area (Å²) in [5.74, 6) is -0.835. The van der Waals surface area contributed by atoms with Gasteiger partial charge in [0.1, 0.15) is 5.82 Å². The SMILES string of the molecule is Nc1ccc(F)cc1NC(=O)CC1CCS(=O)(=O)C1. The van der Waals surface area contributed by atoms with Gasteiger partial charge in [-0.2, -0.15) is 0 Å². The molecule has 1 aliphatic heterocycles. The highest BCUT2D eigenvalue weighted by atomic mass is 32.2. The number of carbonyl (C=O) groups excluding carboxylic acids is 1. The second kappa shape index (κ2) is 5.16. The molecule has 0 saturated carbocycles. The van der Waals surface area contributed by atoms with Crippen LogP contribution in [0.15, 0.2) is 18.2 Å². The van der Waals surface area contributed by atoms with Gasteiger partial charge in [0.05, 0.1) is 22.9 Å². The zero-order valence-electron chi connectivity index (χ0n) is 10.2. The number of halogens is 1. The maximum Gasteiger partial charge on any atom is 0.224 e. The molecular formula is C12H15FN2O3S. The lowest BCUT2D eigenvalue weighted by Crippen LogP contribution is -2.18. The molecule has 1 atom stereocenters. The average molecular weight is 286 g/mol. The zero-order valence-corrected chi connectivity index (χ0v) is 11.0. The molecule has 1 heterocycles. The Morgan fingerprint density at radius 2 is 2.21 bits per heavy atom. The molecule has 19 heavy (non-hydrogen) atoms. The fourth-order valence-electron chi connectivity index (χ4n) is 2.13. The first-order valence-corrected chi connectivity index (χ1v) is 7.73. The minimum absolute atomic E-state index is 0.0407. The normalized spacial score (nSPS) is 21.2. The molecule has 1 fully saturated rings. The number of anilines is 2. The summed E-state index contributed by atoms with van der Waals surface area (Å²) in [6.45, 7) is 0. The van der Waals surface area contributed by atoms with Crippen molar-refractivity contribution in [3.05, 3.63) is 24.0 Å². The number of carbonyl (C=O) groups is 1. The molecule has 1 aromatic carbocycles. The highest BCUT2D eigenvalue weighted by Gasteiger charge is 2.29. The van der Waals surface area contributed by atoms with Gasteiger partial charge in [-0.1, -0.05) is 0 Å². The monoisotopic (exact) mass is 286 g/mol. The topological polar surface area (TPSA) is 89.3 Å². The van der Waals surface area contributed by atoms with Crippen LogP contribution in [0.4, 0.5) is 15.8 Å². The Morgan fingerprint density at radius 1 is 1.47 bits per heavy atom. The molecule has 1 aromatic rings. The lowest BCUT2D eigenvalue weighted by Gasteiger charge is -2.10. The zero-order chi connectivity index (χ0) is 14.0. The molecule has 0 radical (unpaired) electrons. The third-order valence-corrected chi connectivity index (χ3v) is 4.93. The first kappa shape index (κ1) is 13.8. The van der Waals surface area contributed by atoms with Crippen LogP contribution in [0.5, 0.6) is 0 Å². The lowest BCUT2D eigenvalue weighted by atomic mass is 10.0. The van der Waals surface area contributed by atoms with Gasteiger partial charge >= 0.3 is 0 Å². The molecule has 3 N–H and O–H groups in total. The van der Waals surface area contributed by atoms with Crippen molar-refractivity contribution in [2.75, 3.05) is 22.6 Å². The fraction of sp³-hybridized carbons (Fsp3) is 0.417. The molecule has 1 aliphatic rings. The summed E-state index contributed by atoms with van der Waals surface area (Å²) in [5.41, 5.74) is 6.10. The van der Waals surface area contributed by atoms with Gasteiger partial charge < -0.3 is 11.1 Å². The number of nitrogens with one attached hydrogen (secondary N) is 1. The van der Waals surface area contributed by atoms with E-state index in [0.717, 1.165) is 6.07 Å². The second-order valence-corrected chi connectivity index (χ2v) is 6.98. The lowest BCUT2D eigenvalue weighted by molar-refractivity contribution is -0.116. The molecule has 1 amide bonds. The Hall–Kier alpha value is -1.63. The molecular weight excluding hydrogens is 271 g/mol. The van der Waals surface area contributed by atoms with Crippen molar-refractivity contribution < 1.29 is 17.6 Å². The summed E-state index contributed by atoms with van der Waals surface area (Å²) in [6, 6.07) is 3.71. The summed E-state index contributed by atoms with van der Waals surface area (Å²) in [5, 5.41) is 2.51. The Labute approximate surface area is 110 Å². The maximum absolute atomic E-state index is 13.0. The van der Waals surface area contributed by atoms with E-state index in [-0.39, 0.29) is 41.1 Å². The summed E-state index contributed by atoms with van der Waals surface area (Å²) in [4.78, 5) is 11.8. The van der Waals surface area contributed by atoms with Crippen LogP contribution in [0, 0.1) is 11.7 Å². The average Bonchev–Trinajstić information content (AvgIpc) is 2.63. The second-order valence-electron chi connectivity index (χ2n) is 4.75. The van der Waals surface area contributed by atoms with E-state index in [1.165, 1.54) is 12.1 Å². The van der Waals surface area contributed by atoms with E-state index in [9.17, 15) is 17.6 Å². The van der Waals surface area contributed by atoms with Crippen molar-refractivity contribution >= 4 is 27.1 Å². The van der Waals surface area contributed by atoms with Crippen LogP contribution >= 0.6 is 0 Å². The van der Waals surface area contributed by atoms with E-state index in [1.54, 1.807) is 0 Å². The highest BCUT2D eigenvalue weighted by Crippen LogP contribution is 2.24. The predicted molar refractivity (Wildman–Crippen MR) is 70.8 cm³/mol. The quantitative estimate of drug-likeness (QED) is 0.816. The van der Waals surface area contributed by atoms with Crippen molar-refractivity contribution in [3.63, 3.8) is 0 Å².